The van der Waals surface area contributed by atoms with Gasteiger partial charge >= 0.3 is 0 Å². The molecule has 0 saturated carbocycles. The molecule has 2 aliphatic rings. The predicted molar refractivity (Wildman–Crippen MR) is 126 cm³/mol. The molecule has 1 unspecified atom stereocenters. The number of hydrogen-bond donors (Lipinski definition) is 1. The molecule has 8 heteroatoms. The molecular weight excluding hydrogens is 525 g/mol. The third kappa shape index (κ3) is 6.61. The van der Waals surface area contributed by atoms with E-state index >= 15 is 0 Å². The van der Waals surface area contributed by atoms with Gasteiger partial charge in [-0.15, -0.1) is 35.3 Å². The molecule has 3 heterocycles. The molecule has 5 nitrogen and oxygen atoms in total. The molecule has 0 bridgehead atoms. The molecule has 2 fully saturated rings. The Kier molecular flexibility index (Phi) is 9.63. The molecule has 0 aliphatic carbocycles. The number of nitrogens with one attached hydrogen (secondary N) is 1. The summed E-state index contributed by atoms with van der Waals surface area (Å²) in [6.45, 7) is 8.85. The van der Waals surface area contributed by atoms with Crippen molar-refractivity contribution in [2.24, 2.45) is 10.9 Å². The van der Waals surface area contributed by atoms with E-state index in [-0.39, 0.29) is 24.0 Å². The second-order valence-corrected chi connectivity index (χ2v) is 9.72. The van der Waals surface area contributed by atoms with Crippen LogP contribution in [0.25, 0.3) is 0 Å². The van der Waals surface area contributed by atoms with E-state index in [0.29, 0.717) is 0 Å². The molecular formula is C18H31BrIN5S. The largest absolute Gasteiger partial charge is 0.356 e. The maximum absolute atomic E-state index is 4.52. The smallest absolute Gasteiger partial charge is 0.193 e. The van der Waals surface area contributed by atoms with Crippen LogP contribution in [0.3, 0.4) is 0 Å². The van der Waals surface area contributed by atoms with Gasteiger partial charge in [0.1, 0.15) is 0 Å². The van der Waals surface area contributed by atoms with Crippen LogP contribution in [0.4, 0.5) is 0 Å². The lowest BCUT2D eigenvalue weighted by Crippen LogP contribution is -2.53. The number of halogens is 2. The Hall–Kier alpha value is 0.1000. The van der Waals surface area contributed by atoms with Gasteiger partial charge in [0.05, 0.1) is 3.79 Å². The maximum atomic E-state index is 4.52. The molecule has 1 aromatic rings. The fourth-order valence-electron chi connectivity index (χ4n) is 3.78. The minimum absolute atomic E-state index is 0. The Morgan fingerprint density at radius 2 is 2.04 bits per heavy atom. The van der Waals surface area contributed by atoms with Crippen LogP contribution in [0.15, 0.2) is 20.9 Å². The van der Waals surface area contributed by atoms with E-state index in [0.717, 1.165) is 51.1 Å². The van der Waals surface area contributed by atoms with Crippen molar-refractivity contribution in [2.45, 2.75) is 19.4 Å². The van der Waals surface area contributed by atoms with Crippen molar-refractivity contribution in [3.8, 4) is 0 Å². The second-order valence-electron chi connectivity index (χ2n) is 7.17. The van der Waals surface area contributed by atoms with Gasteiger partial charge in [-0.1, -0.05) is 0 Å². The number of guanidine groups is 1. The number of piperazine rings is 1. The minimum Gasteiger partial charge on any atom is -0.356 e. The average molecular weight is 556 g/mol. The maximum Gasteiger partial charge on any atom is 0.193 e. The Labute approximate surface area is 187 Å². The van der Waals surface area contributed by atoms with Crippen LogP contribution < -0.4 is 5.32 Å². The van der Waals surface area contributed by atoms with Crippen LogP contribution in [0.5, 0.6) is 0 Å². The molecule has 148 valence electrons. The fourth-order valence-corrected chi connectivity index (χ4v) is 5.31. The van der Waals surface area contributed by atoms with Crippen molar-refractivity contribution in [3.05, 3.63) is 20.8 Å². The van der Waals surface area contributed by atoms with Gasteiger partial charge in [0.15, 0.2) is 5.96 Å². The first-order valence-electron chi connectivity index (χ1n) is 9.25. The van der Waals surface area contributed by atoms with Crippen molar-refractivity contribution < 1.29 is 0 Å². The predicted octanol–water partition coefficient (Wildman–Crippen LogP) is 3.16. The van der Waals surface area contributed by atoms with Gasteiger partial charge in [-0.2, -0.15) is 0 Å². The molecule has 1 aromatic heterocycles. The van der Waals surface area contributed by atoms with E-state index < -0.39 is 0 Å². The Balaban J connectivity index is 0.00000243. The summed E-state index contributed by atoms with van der Waals surface area (Å²) in [5.41, 5.74) is 0. The van der Waals surface area contributed by atoms with E-state index in [1.165, 1.54) is 34.6 Å². The van der Waals surface area contributed by atoms with E-state index in [9.17, 15) is 0 Å². The highest BCUT2D eigenvalue weighted by atomic mass is 127. The van der Waals surface area contributed by atoms with Gasteiger partial charge in [-0.3, -0.25) is 9.89 Å². The van der Waals surface area contributed by atoms with E-state index in [1.807, 2.05) is 18.4 Å². The number of piperidine rings is 1. The molecule has 26 heavy (non-hydrogen) atoms. The Morgan fingerprint density at radius 1 is 1.27 bits per heavy atom. The SMILES string of the molecule is CN=C(NCC1CCCN(C)C1)N1CCN(Cc2ccc(Br)s2)CC1.I. The summed E-state index contributed by atoms with van der Waals surface area (Å²) in [7, 11) is 4.14. The first-order chi connectivity index (χ1) is 12.1. The van der Waals surface area contributed by atoms with Gasteiger partial charge in [0, 0.05) is 57.7 Å². The van der Waals surface area contributed by atoms with Crippen molar-refractivity contribution >= 4 is 57.2 Å². The standard InChI is InChI=1S/C18H30BrN5S.HI/c1-20-18(21-12-15-4-3-7-22(2)13-15)24-10-8-23(9-11-24)14-16-5-6-17(19)25-16;/h5-6,15H,3-4,7-14H2,1-2H3,(H,20,21);1H. The van der Waals surface area contributed by atoms with Gasteiger partial charge in [-0.25, -0.2) is 0 Å². The summed E-state index contributed by atoms with van der Waals surface area (Å²) in [5, 5.41) is 3.62. The quantitative estimate of drug-likeness (QED) is 0.351. The van der Waals surface area contributed by atoms with Crippen LogP contribution in [0.1, 0.15) is 17.7 Å². The monoisotopic (exact) mass is 555 g/mol. The van der Waals surface area contributed by atoms with Gasteiger partial charge in [0.25, 0.3) is 0 Å². The van der Waals surface area contributed by atoms with Crippen LogP contribution in [-0.2, 0) is 6.54 Å². The molecule has 1 atom stereocenters. The van der Waals surface area contributed by atoms with Crippen LogP contribution in [-0.4, -0.2) is 80.6 Å². The Morgan fingerprint density at radius 3 is 2.65 bits per heavy atom. The van der Waals surface area contributed by atoms with E-state index in [2.05, 4.69) is 60.1 Å². The van der Waals surface area contributed by atoms with Crippen molar-refractivity contribution in [1.82, 2.24) is 20.0 Å². The summed E-state index contributed by atoms with van der Waals surface area (Å²) < 4.78 is 1.22. The molecule has 0 aromatic carbocycles. The van der Waals surface area contributed by atoms with Crippen molar-refractivity contribution in [2.75, 3.05) is 59.9 Å². The third-order valence-electron chi connectivity index (χ3n) is 5.16. The van der Waals surface area contributed by atoms with Crippen LogP contribution >= 0.6 is 51.2 Å². The minimum atomic E-state index is 0. The number of rotatable bonds is 4. The number of thiophene rings is 1. The zero-order valence-corrected chi connectivity index (χ0v) is 20.5. The van der Waals surface area contributed by atoms with E-state index in [4.69, 9.17) is 0 Å². The topological polar surface area (TPSA) is 34.1 Å². The summed E-state index contributed by atoms with van der Waals surface area (Å²) in [5.74, 6) is 1.82. The number of aliphatic imine (C=N–C) groups is 1. The van der Waals surface area contributed by atoms with Crippen LogP contribution in [0, 0.1) is 5.92 Å². The number of nitrogens with zero attached hydrogens (tertiary/aromatic N) is 4. The fraction of sp³-hybridized carbons (Fsp3) is 0.722. The normalized spacial score (nSPS) is 23.0. The van der Waals surface area contributed by atoms with Gasteiger partial charge in [-0.05, 0) is 60.4 Å². The lowest BCUT2D eigenvalue weighted by Gasteiger charge is -2.37. The van der Waals surface area contributed by atoms with Crippen molar-refractivity contribution in [1.29, 1.82) is 0 Å². The van der Waals surface area contributed by atoms with Crippen molar-refractivity contribution in [3.63, 3.8) is 0 Å². The van der Waals surface area contributed by atoms with Gasteiger partial charge in [0.2, 0.25) is 0 Å². The molecule has 2 saturated heterocycles. The number of likely N-dealkylation sites (tertiary alicyclic amines) is 1. The average Bonchev–Trinajstić information content (AvgIpc) is 3.02. The zero-order valence-electron chi connectivity index (χ0n) is 15.8. The highest BCUT2D eigenvalue weighted by molar-refractivity contribution is 14.0. The van der Waals surface area contributed by atoms with Crippen LogP contribution in [0.2, 0.25) is 0 Å². The second kappa shape index (κ2) is 11.2. The first-order valence-corrected chi connectivity index (χ1v) is 10.9. The third-order valence-corrected chi connectivity index (χ3v) is 6.77. The molecule has 2 aliphatic heterocycles. The molecule has 0 spiro atoms. The zero-order chi connectivity index (χ0) is 17.6. The molecule has 3 rings (SSSR count). The van der Waals surface area contributed by atoms with Gasteiger partial charge < -0.3 is 15.1 Å². The highest BCUT2D eigenvalue weighted by Crippen LogP contribution is 2.23. The molecule has 0 radical (unpaired) electrons. The summed E-state index contributed by atoms with van der Waals surface area (Å²) in [4.78, 5) is 13.4. The summed E-state index contributed by atoms with van der Waals surface area (Å²) in [6, 6.07) is 4.37. The summed E-state index contributed by atoms with van der Waals surface area (Å²) in [6.07, 6.45) is 2.65. The summed E-state index contributed by atoms with van der Waals surface area (Å²) >= 11 is 5.39. The Bertz CT molecular complexity index is 574. The lowest BCUT2D eigenvalue weighted by molar-refractivity contribution is 0.171. The van der Waals surface area contributed by atoms with E-state index in [1.54, 1.807) is 0 Å². The molecule has 0 amide bonds. The number of hydrogen-bond acceptors (Lipinski definition) is 4. The molecule has 1 N–H and O–H groups in total. The first kappa shape index (κ1) is 22.4. The lowest BCUT2D eigenvalue weighted by atomic mass is 9.98. The highest BCUT2D eigenvalue weighted by Gasteiger charge is 2.22.